The number of piperidine rings is 1. The predicted octanol–water partition coefficient (Wildman–Crippen LogP) is 1.59. The lowest BCUT2D eigenvalue weighted by Crippen LogP contribution is -2.37. The molecule has 1 aromatic rings. The monoisotopic (exact) mass is 265 g/mol. The summed E-state index contributed by atoms with van der Waals surface area (Å²) in [7, 11) is 0. The Labute approximate surface area is 113 Å². The Morgan fingerprint density at radius 1 is 1.39 bits per heavy atom. The van der Waals surface area contributed by atoms with Crippen LogP contribution >= 0.6 is 12.6 Å². The molecule has 0 spiro atoms. The number of aromatic nitrogens is 1. The minimum atomic E-state index is -0.0700. The van der Waals surface area contributed by atoms with Crippen molar-refractivity contribution in [1.82, 2.24) is 15.2 Å². The lowest BCUT2D eigenvalue weighted by molar-refractivity contribution is 0.0943. The normalized spacial score (nSPS) is 16.5. The molecule has 0 saturated carbocycles. The molecule has 0 unspecified atom stereocenters. The van der Waals surface area contributed by atoms with Crippen LogP contribution in [0.5, 0.6) is 0 Å². The number of pyridine rings is 1. The molecule has 0 aromatic carbocycles. The highest BCUT2D eigenvalue weighted by atomic mass is 32.1. The maximum Gasteiger partial charge on any atom is 0.252 e. The van der Waals surface area contributed by atoms with Gasteiger partial charge in [0.25, 0.3) is 5.91 Å². The van der Waals surface area contributed by atoms with E-state index in [1.807, 2.05) is 0 Å². The molecule has 98 valence electrons. The molecule has 1 fully saturated rings. The van der Waals surface area contributed by atoms with Crippen molar-refractivity contribution < 1.29 is 4.79 Å². The second kappa shape index (κ2) is 6.75. The standard InChI is InChI=1S/C13H19N3OS/c17-13(11-4-5-14-10-12(11)18)15-6-9-16-7-2-1-3-8-16/h4-5,10,18H,1-3,6-9H2,(H,15,17). The third-order valence-electron chi connectivity index (χ3n) is 3.21. The highest BCUT2D eigenvalue weighted by Gasteiger charge is 2.11. The molecule has 0 atom stereocenters. The number of likely N-dealkylation sites (tertiary alicyclic amines) is 1. The zero-order valence-electron chi connectivity index (χ0n) is 10.4. The topological polar surface area (TPSA) is 45.2 Å². The lowest BCUT2D eigenvalue weighted by atomic mass is 10.1. The van der Waals surface area contributed by atoms with Crippen LogP contribution < -0.4 is 5.32 Å². The fourth-order valence-electron chi connectivity index (χ4n) is 2.18. The van der Waals surface area contributed by atoms with Gasteiger partial charge in [0.05, 0.1) is 5.56 Å². The molecule has 0 radical (unpaired) electrons. The highest BCUT2D eigenvalue weighted by molar-refractivity contribution is 7.80. The Morgan fingerprint density at radius 3 is 2.89 bits per heavy atom. The van der Waals surface area contributed by atoms with Crippen molar-refractivity contribution in [1.29, 1.82) is 0 Å². The summed E-state index contributed by atoms with van der Waals surface area (Å²) in [5.41, 5.74) is 0.590. The van der Waals surface area contributed by atoms with E-state index in [1.54, 1.807) is 18.5 Å². The highest BCUT2D eigenvalue weighted by Crippen LogP contribution is 2.11. The summed E-state index contributed by atoms with van der Waals surface area (Å²) in [5, 5.41) is 2.93. The number of nitrogens with one attached hydrogen (secondary N) is 1. The smallest absolute Gasteiger partial charge is 0.252 e. The quantitative estimate of drug-likeness (QED) is 0.813. The van der Waals surface area contributed by atoms with Crippen LogP contribution in [0.1, 0.15) is 29.6 Å². The first-order chi connectivity index (χ1) is 8.77. The Morgan fingerprint density at radius 2 is 2.17 bits per heavy atom. The van der Waals surface area contributed by atoms with Gasteiger partial charge in [-0.15, -0.1) is 12.6 Å². The van der Waals surface area contributed by atoms with Crippen LogP contribution in [-0.4, -0.2) is 42.0 Å². The molecule has 1 amide bonds. The number of rotatable bonds is 4. The average Bonchev–Trinajstić information content (AvgIpc) is 2.40. The largest absolute Gasteiger partial charge is 0.351 e. The molecular weight excluding hydrogens is 246 g/mol. The van der Waals surface area contributed by atoms with E-state index < -0.39 is 0 Å². The first kappa shape index (κ1) is 13.4. The van der Waals surface area contributed by atoms with Crippen molar-refractivity contribution in [3.63, 3.8) is 0 Å². The number of hydrogen-bond donors (Lipinski definition) is 2. The number of carbonyl (C=O) groups excluding carboxylic acids is 1. The summed E-state index contributed by atoms with van der Waals surface area (Å²) in [6.45, 7) is 3.93. The van der Waals surface area contributed by atoms with Crippen molar-refractivity contribution in [2.45, 2.75) is 24.2 Å². The summed E-state index contributed by atoms with van der Waals surface area (Å²) in [4.78, 5) is 18.8. The molecule has 1 N–H and O–H groups in total. The van der Waals surface area contributed by atoms with E-state index in [-0.39, 0.29) is 5.91 Å². The zero-order chi connectivity index (χ0) is 12.8. The van der Waals surface area contributed by atoms with Gasteiger partial charge in [0, 0.05) is 30.4 Å². The molecule has 0 aliphatic carbocycles. The van der Waals surface area contributed by atoms with Crippen molar-refractivity contribution >= 4 is 18.5 Å². The number of hydrogen-bond acceptors (Lipinski definition) is 4. The van der Waals surface area contributed by atoms with Gasteiger partial charge in [-0.3, -0.25) is 9.78 Å². The molecule has 1 saturated heterocycles. The Balaban J connectivity index is 1.76. The summed E-state index contributed by atoms with van der Waals surface area (Å²) >= 11 is 4.23. The summed E-state index contributed by atoms with van der Waals surface area (Å²) in [5.74, 6) is -0.0700. The van der Waals surface area contributed by atoms with Crippen LogP contribution in [0.15, 0.2) is 23.4 Å². The van der Waals surface area contributed by atoms with Crippen LogP contribution in [0, 0.1) is 0 Å². The number of carbonyl (C=O) groups is 1. The Kier molecular flexibility index (Phi) is 5.01. The van der Waals surface area contributed by atoms with Crippen molar-refractivity contribution in [2.75, 3.05) is 26.2 Å². The maximum atomic E-state index is 11.9. The Hall–Kier alpha value is -1.07. The van der Waals surface area contributed by atoms with Crippen molar-refractivity contribution in [2.24, 2.45) is 0 Å². The first-order valence-electron chi connectivity index (χ1n) is 6.41. The third kappa shape index (κ3) is 3.71. The van der Waals surface area contributed by atoms with Gasteiger partial charge in [-0.2, -0.15) is 0 Å². The molecule has 18 heavy (non-hydrogen) atoms. The van der Waals surface area contributed by atoms with Crippen LogP contribution in [0.2, 0.25) is 0 Å². The fourth-order valence-corrected chi connectivity index (χ4v) is 2.43. The van der Waals surface area contributed by atoms with Gasteiger partial charge >= 0.3 is 0 Å². The summed E-state index contributed by atoms with van der Waals surface area (Å²) in [6.07, 6.45) is 7.09. The SMILES string of the molecule is O=C(NCCN1CCCCC1)c1ccncc1S. The first-order valence-corrected chi connectivity index (χ1v) is 6.85. The van der Waals surface area contributed by atoms with Crippen molar-refractivity contribution in [3.05, 3.63) is 24.0 Å². The van der Waals surface area contributed by atoms with E-state index in [9.17, 15) is 4.79 Å². The summed E-state index contributed by atoms with van der Waals surface area (Å²) < 4.78 is 0. The van der Waals surface area contributed by atoms with Gasteiger partial charge in [-0.1, -0.05) is 6.42 Å². The minimum absolute atomic E-state index is 0.0700. The Bertz CT molecular complexity index is 405. The second-order valence-electron chi connectivity index (χ2n) is 4.55. The van der Waals surface area contributed by atoms with Gasteiger partial charge in [-0.25, -0.2) is 0 Å². The third-order valence-corrected chi connectivity index (χ3v) is 3.56. The minimum Gasteiger partial charge on any atom is -0.351 e. The van der Waals surface area contributed by atoms with E-state index in [1.165, 1.54) is 19.3 Å². The molecule has 1 aromatic heterocycles. The van der Waals surface area contributed by atoms with E-state index >= 15 is 0 Å². The van der Waals surface area contributed by atoms with Gasteiger partial charge in [-0.05, 0) is 32.0 Å². The number of thiol groups is 1. The van der Waals surface area contributed by atoms with Gasteiger partial charge < -0.3 is 10.2 Å². The van der Waals surface area contributed by atoms with Gasteiger partial charge in [0.15, 0.2) is 0 Å². The van der Waals surface area contributed by atoms with Gasteiger partial charge in [0.1, 0.15) is 0 Å². The predicted molar refractivity (Wildman–Crippen MR) is 74.1 cm³/mol. The van der Waals surface area contributed by atoms with E-state index in [2.05, 4.69) is 27.8 Å². The van der Waals surface area contributed by atoms with E-state index in [4.69, 9.17) is 0 Å². The fraction of sp³-hybridized carbons (Fsp3) is 0.538. The molecule has 1 aliphatic rings. The molecule has 4 nitrogen and oxygen atoms in total. The molecule has 2 rings (SSSR count). The van der Waals surface area contributed by atoms with Gasteiger partial charge in [0.2, 0.25) is 0 Å². The van der Waals surface area contributed by atoms with Crippen LogP contribution in [-0.2, 0) is 0 Å². The maximum absolute atomic E-state index is 11.9. The van der Waals surface area contributed by atoms with Crippen LogP contribution in [0.4, 0.5) is 0 Å². The molecule has 1 aliphatic heterocycles. The zero-order valence-corrected chi connectivity index (χ0v) is 11.3. The average molecular weight is 265 g/mol. The summed E-state index contributed by atoms with van der Waals surface area (Å²) in [6, 6.07) is 1.69. The van der Waals surface area contributed by atoms with Crippen LogP contribution in [0.25, 0.3) is 0 Å². The van der Waals surface area contributed by atoms with E-state index in [0.717, 1.165) is 19.6 Å². The van der Waals surface area contributed by atoms with E-state index in [0.29, 0.717) is 17.0 Å². The lowest BCUT2D eigenvalue weighted by Gasteiger charge is -2.26. The van der Waals surface area contributed by atoms with Crippen LogP contribution in [0.3, 0.4) is 0 Å². The molecule has 0 bridgehead atoms. The number of amides is 1. The second-order valence-corrected chi connectivity index (χ2v) is 5.03. The molecular formula is C13H19N3OS. The molecule has 5 heteroatoms. The van der Waals surface area contributed by atoms with Crippen molar-refractivity contribution in [3.8, 4) is 0 Å². The number of nitrogens with zero attached hydrogens (tertiary/aromatic N) is 2. The molecule has 2 heterocycles.